The number of furan rings is 1. The summed E-state index contributed by atoms with van der Waals surface area (Å²) in [6.07, 6.45) is 1.06. The van der Waals surface area contributed by atoms with Crippen molar-refractivity contribution in [2.45, 2.75) is 6.61 Å². The Labute approximate surface area is 117 Å². The van der Waals surface area contributed by atoms with Gasteiger partial charge >= 0.3 is 11.7 Å². The van der Waals surface area contributed by atoms with Gasteiger partial charge in [-0.25, -0.2) is 4.79 Å². The molecule has 104 valence electrons. The normalized spacial score (nSPS) is 10.2. The lowest BCUT2D eigenvalue weighted by Crippen LogP contribution is -1.99. The number of ether oxygens (including phenoxy) is 1. The highest BCUT2D eigenvalue weighted by Gasteiger charge is 2.19. The number of carbonyl (C=O) groups is 1. The molecule has 0 saturated carbocycles. The molecule has 1 aromatic carbocycles. The van der Waals surface area contributed by atoms with Crippen LogP contribution >= 0.6 is 11.6 Å². The van der Waals surface area contributed by atoms with E-state index in [1.807, 2.05) is 0 Å². The second-order valence-corrected chi connectivity index (χ2v) is 4.15. The molecule has 0 atom stereocenters. The third-order valence-corrected chi connectivity index (χ3v) is 2.70. The number of nitro benzene ring substituents is 1. The fraction of sp³-hybridized carbons (Fsp3) is 0.0833. The molecule has 0 aliphatic carbocycles. The molecule has 2 aromatic rings. The molecular weight excluding hydrogens is 290 g/mol. The van der Waals surface area contributed by atoms with Crippen LogP contribution in [-0.4, -0.2) is 16.0 Å². The molecule has 0 aliphatic rings. The summed E-state index contributed by atoms with van der Waals surface area (Å²) in [5.74, 6) is -1.01. The zero-order valence-electron chi connectivity index (χ0n) is 9.91. The van der Waals surface area contributed by atoms with Crippen LogP contribution in [0.25, 0.3) is 0 Å². The van der Waals surface area contributed by atoms with Crippen molar-refractivity contribution in [3.05, 3.63) is 57.0 Å². The summed E-state index contributed by atoms with van der Waals surface area (Å²) in [6.45, 7) is -0.169. The molecule has 1 heterocycles. The van der Waals surface area contributed by atoms with Crippen LogP contribution in [0.15, 0.2) is 34.9 Å². The van der Waals surface area contributed by atoms with Crippen LogP contribution in [0, 0.1) is 10.1 Å². The first kappa shape index (κ1) is 13.9. The van der Waals surface area contributed by atoms with Crippen LogP contribution < -0.4 is 4.74 Å². The van der Waals surface area contributed by atoms with Gasteiger partial charge in [-0.05, 0) is 12.1 Å². The molecule has 0 amide bonds. The maximum Gasteiger partial charge on any atom is 0.338 e. The minimum atomic E-state index is -1.14. The monoisotopic (exact) mass is 297 g/mol. The Morgan fingerprint density at radius 2 is 2.25 bits per heavy atom. The fourth-order valence-corrected chi connectivity index (χ4v) is 1.72. The number of hydrogen-bond acceptors (Lipinski definition) is 5. The van der Waals surface area contributed by atoms with Crippen LogP contribution in [0.3, 0.4) is 0 Å². The van der Waals surface area contributed by atoms with E-state index >= 15 is 0 Å². The van der Waals surface area contributed by atoms with E-state index < -0.39 is 10.9 Å². The van der Waals surface area contributed by atoms with E-state index in [9.17, 15) is 14.9 Å². The standard InChI is InChI=1S/C12H8ClNO6/c13-9-2-1-3-10(14(17)18)11(9)20-6-8-4-7(5-19-8)12(15)16/h1-5H,6H2,(H,15,16). The molecule has 2 rings (SSSR count). The molecule has 1 aromatic heterocycles. The second kappa shape index (κ2) is 5.62. The minimum absolute atomic E-state index is 0.0303. The van der Waals surface area contributed by atoms with Crippen molar-refractivity contribution >= 4 is 23.3 Å². The van der Waals surface area contributed by atoms with Crippen molar-refractivity contribution < 1.29 is 24.0 Å². The molecule has 7 nitrogen and oxygen atoms in total. The molecule has 8 heteroatoms. The molecule has 0 fully saturated rings. The van der Waals surface area contributed by atoms with Crippen molar-refractivity contribution in [2.24, 2.45) is 0 Å². The lowest BCUT2D eigenvalue weighted by Gasteiger charge is -2.06. The van der Waals surface area contributed by atoms with Crippen molar-refractivity contribution in [1.29, 1.82) is 0 Å². The van der Waals surface area contributed by atoms with Gasteiger partial charge in [0.2, 0.25) is 5.75 Å². The molecule has 0 radical (unpaired) electrons. The average molecular weight is 298 g/mol. The maximum absolute atomic E-state index is 10.8. The highest BCUT2D eigenvalue weighted by Crippen LogP contribution is 2.34. The number of nitro groups is 1. The number of para-hydroxylation sites is 1. The van der Waals surface area contributed by atoms with Crippen molar-refractivity contribution in [3.8, 4) is 5.75 Å². The molecule has 0 aliphatic heterocycles. The number of carboxylic acid groups (broad SMARTS) is 1. The minimum Gasteiger partial charge on any atom is -0.478 e. The number of hydrogen-bond donors (Lipinski definition) is 1. The van der Waals surface area contributed by atoms with Gasteiger partial charge < -0.3 is 14.3 Å². The van der Waals surface area contributed by atoms with Gasteiger partial charge in [-0.15, -0.1) is 0 Å². The summed E-state index contributed by atoms with van der Waals surface area (Å²) in [4.78, 5) is 20.9. The third kappa shape index (κ3) is 2.89. The Bertz CT molecular complexity index is 666. The first-order valence-corrected chi connectivity index (χ1v) is 5.73. The van der Waals surface area contributed by atoms with Crippen LogP contribution in [-0.2, 0) is 6.61 Å². The van der Waals surface area contributed by atoms with Gasteiger partial charge in [-0.3, -0.25) is 10.1 Å². The van der Waals surface area contributed by atoms with E-state index in [0.717, 1.165) is 6.26 Å². The van der Waals surface area contributed by atoms with E-state index in [1.54, 1.807) is 0 Å². The predicted molar refractivity (Wildman–Crippen MR) is 68.1 cm³/mol. The first-order chi connectivity index (χ1) is 9.49. The van der Waals surface area contributed by atoms with Gasteiger partial charge in [-0.2, -0.15) is 0 Å². The summed E-state index contributed by atoms with van der Waals surface area (Å²) in [5.41, 5.74) is -0.306. The fourth-order valence-electron chi connectivity index (χ4n) is 1.50. The average Bonchev–Trinajstić information content (AvgIpc) is 2.86. The summed E-state index contributed by atoms with van der Waals surface area (Å²) in [7, 11) is 0. The Morgan fingerprint density at radius 3 is 2.85 bits per heavy atom. The van der Waals surface area contributed by atoms with Crippen LogP contribution in [0.4, 0.5) is 5.69 Å². The number of rotatable bonds is 5. The molecule has 0 unspecified atom stereocenters. The number of nitrogens with zero attached hydrogens (tertiary/aromatic N) is 1. The smallest absolute Gasteiger partial charge is 0.338 e. The highest BCUT2D eigenvalue weighted by molar-refractivity contribution is 6.32. The van der Waals surface area contributed by atoms with Gasteiger partial charge in [0.15, 0.2) is 0 Å². The maximum atomic E-state index is 10.8. The van der Waals surface area contributed by atoms with Crippen molar-refractivity contribution in [3.63, 3.8) is 0 Å². The van der Waals surface area contributed by atoms with Crippen molar-refractivity contribution in [2.75, 3.05) is 0 Å². The molecule has 0 bridgehead atoms. The topological polar surface area (TPSA) is 103 Å². The lowest BCUT2D eigenvalue weighted by molar-refractivity contribution is -0.385. The van der Waals surface area contributed by atoms with Gasteiger partial charge in [0, 0.05) is 6.07 Å². The van der Waals surface area contributed by atoms with Gasteiger partial charge in [0.1, 0.15) is 18.6 Å². The van der Waals surface area contributed by atoms with Crippen LogP contribution in [0.5, 0.6) is 5.75 Å². The highest BCUT2D eigenvalue weighted by atomic mass is 35.5. The Hall–Kier alpha value is -2.54. The van der Waals surface area contributed by atoms with E-state index in [4.69, 9.17) is 25.9 Å². The predicted octanol–water partition coefficient (Wildman–Crippen LogP) is 3.12. The van der Waals surface area contributed by atoms with Crippen LogP contribution in [0.1, 0.15) is 16.1 Å². The van der Waals surface area contributed by atoms with Crippen molar-refractivity contribution in [1.82, 2.24) is 0 Å². The van der Waals surface area contributed by atoms with Crippen LogP contribution in [0.2, 0.25) is 5.02 Å². The molecule has 0 saturated heterocycles. The molecular formula is C12H8ClNO6. The summed E-state index contributed by atoms with van der Waals surface area (Å²) < 4.78 is 10.2. The van der Waals surface area contributed by atoms with E-state index in [0.29, 0.717) is 0 Å². The number of benzene rings is 1. The van der Waals surface area contributed by atoms with E-state index in [1.165, 1.54) is 24.3 Å². The molecule has 20 heavy (non-hydrogen) atoms. The number of carboxylic acids is 1. The quantitative estimate of drug-likeness (QED) is 0.672. The zero-order chi connectivity index (χ0) is 14.7. The zero-order valence-corrected chi connectivity index (χ0v) is 10.7. The lowest BCUT2D eigenvalue weighted by atomic mass is 10.3. The van der Waals surface area contributed by atoms with Gasteiger partial charge in [-0.1, -0.05) is 17.7 Å². The van der Waals surface area contributed by atoms with E-state index in [-0.39, 0.29) is 34.4 Å². The van der Waals surface area contributed by atoms with Gasteiger partial charge in [0.05, 0.1) is 15.5 Å². The second-order valence-electron chi connectivity index (χ2n) is 3.74. The Balaban J connectivity index is 2.18. The first-order valence-electron chi connectivity index (χ1n) is 5.35. The molecule has 0 spiro atoms. The summed E-state index contributed by atoms with van der Waals surface area (Å²) >= 11 is 5.84. The largest absolute Gasteiger partial charge is 0.478 e. The van der Waals surface area contributed by atoms with E-state index in [2.05, 4.69) is 0 Å². The third-order valence-electron chi connectivity index (χ3n) is 2.40. The SMILES string of the molecule is O=C(O)c1coc(COc2c(Cl)cccc2[N+](=O)[O-])c1. The molecule has 1 N–H and O–H groups in total. The number of halogens is 1. The number of aromatic carboxylic acids is 1. The summed E-state index contributed by atoms with van der Waals surface area (Å²) in [5, 5.41) is 19.7. The summed E-state index contributed by atoms with van der Waals surface area (Å²) in [6, 6.07) is 5.41. The Morgan fingerprint density at radius 1 is 1.50 bits per heavy atom. The van der Waals surface area contributed by atoms with Gasteiger partial charge in [0.25, 0.3) is 0 Å². The Kier molecular flexibility index (Phi) is 3.90.